The third kappa shape index (κ3) is 3.63. The number of nitrogens with one attached hydrogen (secondary N) is 1. The Morgan fingerprint density at radius 2 is 2.11 bits per heavy atom. The zero-order chi connectivity index (χ0) is 13.7. The Kier molecular flexibility index (Phi) is 4.66. The number of amides is 1. The SMILES string of the molecule is COc1ccc(C(N)=O)cc1NCC1CCCCC1. The molecule has 0 atom stereocenters. The molecule has 1 amide bonds. The number of carbonyl (C=O) groups is 1. The smallest absolute Gasteiger partial charge is 0.248 e. The van der Waals surface area contributed by atoms with Gasteiger partial charge in [0.05, 0.1) is 12.8 Å². The predicted molar refractivity (Wildman–Crippen MR) is 76.6 cm³/mol. The lowest BCUT2D eigenvalue weighted by molar-refractivity contribution is 0.100. The summed E-state index contributed by atoms with van der Waals surface area (Å²) in [6.45, 7) is 0.929. The molecule has 1 aromatic carbocycles. The summed E-state index contributed by atoms with van der Waals surface area (Å²) in [6.07, 6.45) is 6.57. The minimum atomic E-state index is -0.414. The van der Waals surface area contributed by atoms with Crippen LogP contribution in [0.25, 0.3) is 0 Å². The van der Waals surface area contributed by atoms with Gasteiger partial charge in [-0.05, 0) is 37.0 Å². The fraction of sp³-hybridized carbons (Fsp3) is 0.533. The number of anilines is 1. The van der Waals surface area contributed by atoms with Gasteiger partial charge in [-0.2, -0.15) is 0 Å². The number of rotatable bonds is 5. The summed E-state index contributed by atoms with van der Waals surface area (Å²) in [5.74, 6) is 1.06. The lowest BCUT2D eigenvalue weighted by atomic mass is 9.89. The van der Waals surface area contributed by atoms with Gasteiger partial charge in [0.2, 0.25) is 5.91 Å². The molecule has 1 aliphatic carbocycles. The molecule has 3 N–H and O–H groups in total. The first-order valence-electron chi connectivity index (χ1n) is 6.92. The highest BCUT2D eigenvalue weighted by Crippen LogP contribution is 2.28. The Hall–Kier alpha value is -1.71. The molecule has 0 aliphatic heterocycles. The second kappa shape index (κ2) is 6.45. The van der Waals surface area contributed by atoms with Gasteiger partial charge in [-0.15, -0.1) is 0 Å². The lowest BCUT2D eigenvalue weighted by Gasteiger charge is -2.23. The average Bonchev–Trinajstić information content (AvgIpc) is 2.45. The van der Waals surface area contributed by atoms with E-state index in [-0.39, 0.29) is 0 Å². The highest BCUT2D eigenvalue weighted by atomic mass is 16.5. The van der Waals surface area contributed by atoms with E-state index in [1.54, 1.807) is 25.3 Å². The quantitative estimate of drug-likeness (QED) is 0.857. The summed E-state index contributed by atoms with van der Waals surface area (Å²) < 4.78 is 5.31. The van der Waals surface area contributed by atoms with E-state index in [4.69, 9.17) is 10.5 Å². The van der Waals surface area contributed by atoms with Crippen molar-refractivity contribution in [3.8, 4) is 5.75 Å². The monoisotopic (exact) mass is 262 g/mol. The molecule has 1 aliphatic rings. The number of ether oxygens (including phenoxy) is 1. The maximum Gasteiger partial charge on any atom is 0.248 e. The van der Waals surface area contributed by atoms with Crippen molar-refractivity contribution in [3.05, 3.63) is 23.8 Å². The van der Waals surface area contributed by atoms with E-state index in [1.165, 1.54) is 32.1 Å². The molecule has 1 aromatic rings. The third-order valence-electron chi connectivity index (χ3n) is 3.79. The van der Waals surface area contributed by atoms with Gasteiger partial charge in [-0.1, -0.05) is 19.3 Å². The summed E-state index contributed by atoms with van der Waals surface area (Å²) in [5.41, 5.74) is 6.66. The third-order valence-corrected chi connectivity index (χ3v) is 3.79. The Bertz CT molecular complexity index is 440. The number of nitrogens with two attached hydrogens (primary N) is 1. The number of hydrogen-bond donors (Lipinski definition) is 2. The van der Waals surface area contributed by atoms with E-state index in [9.17, 15) is 4.79 Å². The van der Waals surface area contributed by atoms with Crippen LogP contribution in [0.2, 0.25) is 0 Å². The van der Waals surface area contributed by atoms with Crippen molar-refractivity contribution in [1.82, 2.24) is 0 Å². The van der Waals surface area contributed by atoms with Gasteiger partial charge < -0.3 is 15.8 Å². The molecule has 0 unspecified atom stereocenters. The number of hydrogen-bond acceptors (Lipinski definition) is 3. The van der Waals surface area contributed by atoms with Crippen LogP contribution in [0.15, 0.2) is 18.2 Å². The van der Waals surface area contributed by atoms with Crippen LogP contribution in [-0.2, 0) is 0 Å². The number of methoxy groups -OCH3 is 1. The summed E-state index contributed by atoms with van der Waals surface area (Å²) in [4.78, 5) is 11.2. The van der Waals surface area contributed by atoms with Crippen LogP contribution in [-0.4, -0.2) is 19.6 Å². The van der Waals surface area contributed by atoms with Gasteiger partial charge in [0, 0.05) is 12.1 Å². The van der Waals surface area contributed by atoms with E-state index in [0.717, 1.165) is 23.9 Å². The molecular formula is C15H22N2O2. The summed E-state index contributed by atoms with van der Waals surface area (Å²) in [7, 11) is 1.63. The van der Waals surface area contributed by atoms with Gasteiger partial charge in [-0.25, -0.2) is 0 Å². The van der Waals surface area contributed by atoms with Crippen LogP contribution in [0, 0.1) is 5.92 Å². The van der Waals surface area contributed by atoms with E-state index in [2.05, 4.69) is 5.32 Å². The second-order valence-electron chi connectivity index (χ2n) is 5.16. The maximum atomic E-state index is 11.2. The van der Waals surface area contributed by atoms with E-state index in [0.29, 0.717) is 5.56 Å². The van der Waals surface area contributed by atoms with Gasteiger partial charge in [0.15, 0.2) is 0 Å². The van der Waals surface area contributed by atoms with Crippen LogP contribution < -0.4 is 15.8 Å². The van der Waals surface area contributed by atoms with Gasteiger partial charge in [-0.3, -0.25) is 4.79 Å². The standard InChI is InChI=1S/C15H22N2O2/c1-19-14-8-7-12(15(16)18)9-13(14)17-10-11-5-3-2-4-6-11/h7-9,11,17H,2-6,10H2,1H3,(H2,16,18). The minimum Gasteiger partial charge on any atom is -0.495 e. The molecule has 1 fully saturated rings. The molecule has 2 rings (SSSR count). The van der Waals surface area contributed by atoms with Crippen molar-refractivity contribution in [3.63, 3.8) is 0 Å². The molecular weight excluding hydrogens is 240 g/mol. The largest absolute Gasteiger partial charge is 0.495 e. The number of primary amides is 1. The second-order valence-corrected chi connectivity index (χ2v) is 5.16. The highest BCUT2D eigenvalue weighted by molar-refractivity contribution is 5.94. The zero-order valence-electron chi connectivity index (χ0n) is 11.4. The van der Waals surface area contributed by atoms with Crippen molar-refractivity contribution in [2.75, 3.05) is 19.0 Å². The molecule has 104 valence electrons. The first kappa shape index (κ1) is 13.7. The Morgan fingerprint density at radius 1 is 1.37 bits per heavy atom. The van der Waals surface area contributed by atoms with Crippen molar-refractivity contribution >= 4 is 11.6 Å². The Labute approximate surface area is 114 Å². The molecule has 4 nitrogen and oxygen atoms in total. The van der Waals surface area contributed by atoms with Gasteiger partial charge in [0.25, 0.3) is 0 Å². The molecule has 0 spiro atoms. The first-order chi connectivity index (χ1) is 9.20. The number of carbonyl (C=O) groups excluding carboxylic acids is 1. The molecule has 0 bridgehead atoms. The van der Waals surface area contributed by atoms with Crippen LogP contribution in [0.3, 0.4) is 0 Å². The van der Waals surface area contributed by atoms with E-state index < -0.39 is 5.91 Å². The molecule has 19 heavy (non-hydrogen) atoms. The topological polar surface area (TPSA) is 64.3 Å². The van der Waals surface area contributed by atoms with Crippen molar-refractivity contribution in [2.24, 2.45) is 11.7 Å². The van der Waals surface area contributed by atoms with Crippen molar-refractivity contribution in [2.45, 2.75) is 32.1 Å². The zero-order valence-corrected chi connectivity index (χ0v) is 11.4. The Balaban J connectivity index is 2.04. The number of benzene rings is 1. The molecule has 0 saturated heterocycles. The normalized spacial score (nSPS) is 16.1. The Morgan fingerprint density at radius 3 is 2.74 bits per heavy atom. The molecule has 4 heteroatoms. The molecule has 1 saturated carbocycles. The minimum absolute atomic E-state index is 0.414. The van der Waals surface area contributed by atoms with Crippen molar-refractivity contribution < 1.29 is 9.53 Å². The average molecular weight is 262 g/mol. The summed E-state index contributed by atoms with van der Waals surface area (Å²) in [6, 6.07) is 5.24. The van der Waals surface area contributed by atoms with E-state index in [1.807, 2.05) is 0 Å². The molecule has 0 heterocycles. The summed E-state index contributed by atoms with van der Waals surface area (Å²) >= 11 is 0. The fourth-order valence-electron chi connectivity index (χ4n) is 2.64. The first-order valence-corrected chi connectivity index (χ1v) is 6.92. The van der Waals surface area contributed by atoms with Crippen LogP contribution in [0.4, 0.5) is 5.69 Å². The summed E-state index contributed by atoms with van der Waals surface area (Å²) in [5, 5.41) is 3.40. The van der Waals surface area contributed by atoms with Gasteiger partial charge >= 0.3 is 0 Å². The van der Waals surface area contributed by atoms with E-state index >= 15 is 0 Å². The van der Waals surface area contributed by atoms with Crippen LogP contribution in [0.1, 0.15) is 42.5 Å². The highest BCUT2D eigenvalue weighted by Gasteiger charge is 2.14. The molecule has 0 radical (unpaired) electrons. The van der Waals surface area contributed by atoms with Crippen LogP contribution in [0.5, 0.6) is 5.75 Å². The lowest BCUT2D eigenvalue weighted by Crippen LogP contribution is -2.18. The van der Waals surface area contributed by atoms with Crippen LogP contribution >= 0.6 is 0 Å². The fourth-order valence-corrected chi connectivity index (χ4v) is 2.64. The van der Waals surface area contributed by atoms with Gasteiger partial charge in [0.1, 0.15) is 5.75 Å². The van der Waals surface area contributed by atoms with Crippen molar-refractivity contribution in [1.29, 1.82) is 0 Å². The maximum absolute atomic E-state index is 11.2. The predicted octanol–water partition coefficient (Wildman–Crippen LogP) is 2.79. The molecule has 0 aromatic heterocycles.